The predicted molar refractivity (Wildman–Crippen MR) is 160 cm³/mol. The third-order valence-corrected chi connectivity index (χ3v) is 8.90. The number of rotatable bonds is 7. The molecule has 39 heavy (non-hydrogen) atoms. The molecule has 1 amide bonds. The molecule has 0 radical (unpaired) electrons. The van der Waals surface area contributed by atoms with Crippen LogP contribution in [0.4, 0.5) is 5.69 Å². The smallest absolute Gasteiger partial charge is 0.267 e. The summed E-state index contributed by atoms with van der Waals surface area (Å²) in [5.41, 5.74) is 4.96. The van der Waals surface area contributed by atoms with Crippen LogP contribution in [0.1, 0.15) is 21.6 Å². The Kier molecular flexibility index (Phi) is 7.32. The van der Waals surface area contributed by atoms with E-state index < -0.39 is 0 Å². The van der Waals surface area contributed by atoms with Crippen molar-refractivity contribution >= 4 is 44.9 Å². The van der Waals surface area contributed by atoms with E-state index >= 15 is 0 Å². The molecule has 6 nitrogen and oxygen atoms in total. The Morgan fingerprint density at radius 3 is 2.46 bits per heavy atom. The van der Waals surface area contributed by atoms with Gasteiger partial charge in [0, 0.05) is 30.2 Å². The van der Waals surface area contributed by atoms with Crippen molar-refractivity contribution in [1.29, 1.82) is 0 Å². The summed E-state index contributed by atoms with van der Waals surface area (Å²) in [6.45, 7) is 4.60. The number of thiophene rings is 1. The van der Waals surface area contributed by atoms with Gasteiger partial charge in [-0.25, -0.2) is 4.98 Å². The van der Waals surface area contributed by atoms with E-state index in [1.54, 1.807) is 15.9 Å². The third kappa shape index (κ3) is 5.54. The number of fused-ring (bicyclic) bond motifs is 3. The summed E-state index contributed by atoms with van der Waals surface area (Å²) in [5, 5.41) is 4.16. The van der Waals surface area contributed by atoms with Crippen molar-refractivity contribution in [3.63, 3.8) is 0 Å². The lowest BCUT2D eigenvalue weighted by Gasteiger charge is -2.26. The van der Waals surface area contributed by atoms with Gasteiger partial charge in [0.15, 0.2) is 5.16 Å². The zero-order valence-electron chi connectivity index (χ0n) is 21.6. The lowest BCUT2D eigenvalue weighted by atomic mass is 10.0. The first kappa shape index (κ1) is 25.6. The molecule has 3 heterocycles. The minimum absolute atomic E-state index is 0.0659. The zero-order chi connectivity index (χ0) is 26.8. The SMILES string of the molecule is Cc1ccc(-n2c(SCC(=O)Nc3ccccc3)nc3sc4c(c3c2=O)CCN(Cc2ccccc2)C4)cc1. The van der Waals surface area contributed by atoms with Gasteiger partial charge in [-0.2, -0.15) is 0 Å². The second-order valence-corrected chi connectivity index (χ2v) is 11.7. The number of aryl methyl sites for hydroxylation is 1. The Bertz CT molecular complexity index is 1680. The quantitative estimate of drug-likeness (QED) is 0.197. The highest BCUT2D eigenvalue weighted by Gasteiger charge is 2.26. The Labute approximate surface area is 235 Å². The van der Waals surface area contributed by atoms with Gasteiger partial charge in [0.1, 0.15) is 4.83 Å². The first-order chi connectivity index (χ1) is 19.0. The lowest BCUT2D eigenvalue weighted by Crippen LogP contribution is -2.30. The van der Waals surface area contributed by atoms with Crippen LogP contribution in [-0.4, -0.2) is 32.7 Å². The fraction of sp³-hybridized carbons (Fsp3) is 0.194. The maximum absolute atomic E-state index is 14.1. The van der Waals surface area contributed by atoms with Crippen molar-refractivity contribution in [1.82, 2.24) is 14.5 Å². The van der Waals surface area contributed by atoms with Gasteiger partial charge in [-0.05, 0) is 48.7 Å². The van der Waals surface area contributed by atoms with E-state index in [-0.39, 0.29) is 17.2 Å². The largest absolute Gasteiger partial charge is 0.325 e. The number of benzene rings is 3. The zero-order valence-corrected chi connectivity index (χ0v) is 23.2. The summed E-state index contributed by atoms with van der Waals surface area (Å²) in [4.78, 5) is 36.2. The van der Waals surface area contributed by atoms with Gasteiger partial charge in [-0.3, -0.25) is 19.1 Å². The maximum Gasteiger partial charge on any atom is 0.267 e. The monoisotopic (exact) mass is 552 g/mol. The van der Waals surface area contributed by atoms with Gasteiger partial charge in [0.25, 0.3) is 5.56 Å². The molecule has 6 rings (SSSR count). The number of carbonyl (C=O) groups is 1. The van der Waals surface area contributed by atoms with Crippen LogP contribution >= 0.6 is 23.1 Å². The molecule has 1 aliphatic heterocycles. The van der Waals surface area contributed by atoms with Crippen LogP contribution in [0, 0.1) is 6.92 Å². The first-order valence-corrected chi connectivity index (χ1v) is 14.7. The molecule has 0 fully saturated rings. The number of hydrogen-bond donors (Lipinski definition) is 1. The normalized spacial score (nSPS) is 13.4. The Morgan fingerprint density at radius 2 is 1.72 bits per heavy atom. The molecule has 0 spiro atoms. The van der Waals surface area contributed by atoms with Gasteiger partial charge in [-0.15, -0.1) is 11.3 Å². The number of thioether (sulfide) groups is 1. The molecule has 1 N–H and O–H groups in total. The highest BCUT2D eigenvalue weighted by molar-refractivity contribution is 7.99. The standard InChI is InChI=1S/C31H28N4O2S2/c1-21-12-14-24(15-13-21)35-30(37)28-25-16-17-34(18-22-8-4-2-5-9-22)19-26(25)39-29(28)33-31(35)38-20-27(36)32-23-10-6-3-7-11-23/h2-15H,16-20H2,1H3,(H,32,36). The van der Waals surface area contributed by atoms with Gasteiger partial charge in [0.05, 0.1) is 16.8 Å². The summed E-state index contributed by atoms with van der Waals surface area (Å²) in [6.07, 6.45) is 0.818. The van der Waals surface area contributed by atoms with Crippen molar-refractivity contribution in [2.75, 3.05) is 17.6 Å². The number of hydrogen-bond acceptors (Lipinski definition) is 6. The Hall–Kier alpha value is -3.72. The van der Waals surface area contributed by atoms with Gasteiger partial charge < -0.3 is 5.32 Å². The molecule has 0 atom stereocenters. The van der Waals surface area contributed by atoms with Crippen LogP contribution in [0.3, 0.4) is 0 Å². The number of aromatic nitrogens is 2. The highest BCUT2D eigenvalue weighted by Crippen LogP contribution is 2.34. The third-order valence-electron chi connectivity index (χ3n) is 6.85. The van der Waals surface area contributed by atoms with Crippen LogP contribution in [0.2, 0.25) is 0 Å². The summed E-state index contributed by atoms with van der Waals surface area (Å²) < 4.78 is 1.67. The van der Waals surface area contributed by atoms with Crippen molar-refractivity contribution in [2.24, 2.45) is 0 Å². The van der Waals surface area contributed by atoms with Crippen LogP contribution in [0.15, 0.2) is 94.9 Å². The molecule has 0 saturated carbocycles. The van der Waals surface area contributed by atoms with E-state index in [9.17, 15) is 9.59 Å². The van der Waals surface area contributed by atoms with E-state index in [4.69, 9.17) is 4.98 Å². The van der Waals surface area contributed by atoms with E-state index in [1.807, 2.05) is 67.6 Å². The maximum atomic E-state index is 14.1. The molecule has 3 aromatic carbocycles. The second-order valence-electron chi connectivity index (χ2n) is 9.70. The molecular formula is C31H28N4O2S2. The highest BCUT2D eigenvalue weighted by atomic mass is 32.2. The lowest BCUT2D eigenvalue weighted by molar-refractivity contribution is -0.113. The molecule has 5 aromatic rings. The van der Waals surface area contributed by atoms with E-state index in [2.05, 4.69) is 34.5 Å². The van der Waals surface area contributed by atoms with Crippen LogP contribution in [-0.2, 0) is 24.3 Å². The molecule has 8 heteroatoms. The van der Waals surface area contributed by atoms with E-state index in [0.29, 0.717) is 10.5 Å². The summed E-state index contributed by atoms with van der Waals surface area (Å²) in [7, 11) is 0. The summed E-state index contributed by atoms with van der Waals surface area (Å²) >= 11 is 2.89. The summed E-state index contributed by atoms with van der Waals surface area (Å²) in [5.74, 6) is 0.00675. The molecule has 2 aromatic heterocycles. The van der Waals surface area contributed by atoms with Crippen LogP contribution in [0.25, 0.3) is 15.9 Å². The molecule has 0 bridgehead atoms. The molecule has 0 aliphatic carbocycles. The first-order valence-electron chi connectivity index (χ1n) is 12.9. The molecular weight excluding hydrogens is 525 g/mol. The number of anilines is 1. The van der Waals surface area contributed by atoms with Crippen molar-refractivity contribution < 1.29 is 4.79 Å². The fourth-order valence-corrected chi connectivity index (χ4v) is 7.04. The number of carbonyl (C=O) groups excluding carboxylic acids is 1. The minimum Gasteiger partial charge on any atom is -0.325 e. The van der Waals surface area contributed by atoms with Crippen LogP contribution in [0.5, 0.6) is 0 Å². The second kappa shape index (κ2) is 11.2. The molecule has 1 aliphatic rings. The number of nitrogens with one attached hydrogen (secondary N) is 1. The van der Waals surface area contributed by atoms with Crippen molar-refractivity contribution in [3.8, 4) is 5.69 Å². The van der Waals surface area contributed by atoms with Gasteiger partial charge in [-0.1, -0.05) is 78.0 Å². The Balaban J connectivity index is 1.34. The fourth-order valence-electron chi connectivity index (χ4n) is 4.92. The average Bonchev–Trinajstić information content (AvgIpc) is 3.32. The molecule has 0 saturated heterocycles. The van der Waals surface area contributed by atoms with E-state index in [1.165, 1.54) is 22.2 Å². The minimum atomic E-state index is -0.141. The number of amides is 1. The number of para-hydroxylation sites is 1. The van der Waals surface area contributed by atoms with Gasteiger partial charge in [0.2, 0.25) is 5.91 Å². The summed E-state index contributed by atoms with van der Waals surface area (Å²) in [6, 6.07) is 27.7. The van der Waals surface area contributed by atoms with E-state index in [0.717, 1.165) is 53.4 Å². The molecule has 0 unspecified atom stereocenters. The van der Waals surface area contributed by atoms with Crippen LogP contribution < -0.4 is 10.9 Å². The Morgan fingerprint density at radius 1 is 1.00 bits per heavy atom. The van der Waals surface area contributed by atoms with Gasteiger partial charge >= 0.3 is 0 Å². The number of nitrogens with zero attached hydrogens (tertiary/aromatic N) is 3. The average molecular weight is 553 g/mol. The molecule has 196 valence electrons. The van der Waals surface area contributed by atoms with Crippen molar-refractivity contribution in [2.45, 2.75) is 31.6 Å². The van der Waals surface area contributed by atoms with Crippen molar-refractivity contribution in [3.05, 3.63) is 117 Å². The topological polar surface area (TPSA) is 67.2 Å². The predicted octanol–water partition coefficient (Wildman–Crippen LogP) is 6.04.